The Morgan fingerprint density at radius 3 is 2.14 bits per heavy atom. The van der Waals surface area contributed by atoms with Crippen LogP contribution < -0.4 is 4.90 Å². The van der Waals surface area contributed by atoms with E-state index in [1.165, 1.54) is 5.69 Å². The molecule has 1 aliphatic heterocycles. The minimum absolute atomic E-state index is 0. The third-order valence-corrected chi connectivity index (χ3v) is 2.44. The molecule has 0 unspecified atom stereocenters. The number of halogens is 1. The Labute approximate surface area is 90.3 Å². The van der Waals surface area contributed by atoms with Crippen molar-refractivity contribution < 1.29 is 4.79 Å². The second kappa shape index (κ2) is 5.01. The maximum atomic E-state index is 11.0. The van der Waals surface area contributed by atoms with Crippen LogP contribution >= 0.6 is 12.4 Å². The standard InChI is InChI=1S/C11H13NO.ClH/c13-11-6-8-12(9-7-11)10-4-2-1-3-5-10;/h1-5H,6-9H2;1H. The van der Waals surface area contributed by atoms with E-state index < -0.39 is 0 Å². The van der Waals surface area contributed by atoms with Crippen molar-refractivity contribution in [3.8, 4) is 0 Å². The molecule has 0 radical (unpaired) electrons. The number of benzene rings is 1. The smallest absolute Gasteiger partial charge is 0.136 e. The van der Waals surface area contributed by atoms with Crippen molar-refractivity contribution in [3.63, 3.8) is 0 Å². The summed E-state index contributed by atoms with van der Waals surface area (Å²) in [7, 11) is 0. The molecule has 2 rings (SSSR count). The van der Waals surface area contributed by atoms with Gasteiger partial charge >= 0.3 is 0 Å². The van der Waals surface area contributed by atoms with Crippen LogP contribution in [-0.4, -0.2) is 18.9 Å². The van der Waals surface area contributed by atoms with Gasteiger partial charge in [0.25, 0.3) is 0 Å². The summed E-state index contributed by atoms with van der Waals surface area (Å²) in [6.07, 6.45) is 1.41. The third kappa shape index (κ3) is 2.48. The fourth-order valence-corrected chi connectivity index (χ4v) is 1.65. The molecule has 0 N–H and O–H groups in total. The highest BCUT2D eigenvalue weighted by Gasteiger charge is 2.15. The molecule has 14 heavy (non-hydrogen) atoms. The molecule has 76 valence electrons. The summed E-state index contributed by atoms with van der Waals surface area (Å²) in [4.78, 5) is 13.3. The molecular weight excluding hydrogens is 198 g/mol. The number of carbonyl (C=O) groups is 1. The average Bonchev–Trinajstić information content (AvgIpc) is 2.20. The van der Waals surface area contributed by atoms with E-state index in [0.29, 0.717) is 18.6 Å². The first kappa shape index (κ1) is 11.1. The molecule has 1 heterocycles. The summed E-state index contributed by atoms with van der Waals surface area (Å²) in [5.74, 6) is 0.396. The zero-order valence-corrected chi connectivity index (χ0v) is 8.80. The zero-order valence-electron chi connectivity index (χ0n) is 7.98. The van der Waals surface area contributed by atoms with Gasteiger partial charge in [0, 0.05) is 31.6 Å². The van der Waals surface area contributed by atoms with Gasteiger partial charge in [0.1, 0.15) is 5.78 Å². The average molecular weight is 212 g/mol. The first-order valence-corrected chi connectivity index (χ1v) is 4.68. The Morgan fingerprint density at radius 1 is 1.00 bits per heavy atom. The molecule has 0 aliphatic carbocycles. The number of hydrogen-bond donors (Lipinski definition) is 0. The first-order chi connectivity index (χ1) is 6.36. The van der Waals surface area contributed by atoms with Crippen LogP contribution in [0.15, 0.2) is 30.3 Å². The SMILES string of the molecule is Cl.O=C1CCN(c2ccccc2)CC1. The zero-order chi connectivity index (χ0) is 9.10. The van der Waals surface area contributed by atoms with Crippen molar-refractivity contribution in [3.05, 3.63) is 30.3 Å². The number of rotatable bonds is 1. The van der Waals surface area contributed by atoms with Crippen LogP contribution in [0.4, 0.5) is 5.69 Å². The maximum absolute atomic E-state index is 11.0. The van der Waals surface area contributed by atoms with E-state index in [-0.39, 0.29) is 12.4 Å². The van der Waals surface area contributed by atoms with Crippen molar-refractivity contribution in [2.45, 2.75) is 12.8 Å². The normalized spacial score (nSPS) is 16.3. The number of anilines is 1. The summed E-state index contributed by atoms with van der Waals surface area (Å²) < 4.78 is 0. The predicted molar refractivity (Wildman–Crippen MR) is 60.1 cm³/mol. The Morgan fingerprint density at radius 2 is 1.57 bits per heavy atom. The molecule has 1 aromatic carbocycles. The van der Waals surface area contributed by atoms with Gasteiger partial charge in [-0.15, -0.1) is 12.4 Å². The van der Waals surface area contributed by atoms with Crippen LogP contribution in [0.1, 0.15) is 12.8 Å². The lowest BCUT2D eigenvalue weighted by atomic mass is 10.1. The molecular formula is C11H14ClNO. The number of nitrogens with zero attached hydrogens (tertiary/aromatic N) is 1. The van der Waals surface area contributed by atoms with Crippen LogP contribution in [0.5, 0.6) is 0 Å². The van der Waals surface area contributed by atoms with Gasteiger partial charge in [0.05, 0.1) is 0 Å². The predicted octanol–water partition coefficient (Wildman–Crippen LogP) is 2.28. The summed E-state index contributed by atoms with van der Waals surface area (Å²) >= 11 is 0. The van der Waals surface area contributed by atoms with Crippen LogP contribution in [-0.2, 0) is 4.79 Å². The van der Waals surface area contributed by atoms with E-state index in [1.54, 1.807) is 0 Å². The quantitative estimate of drug-likeness (QED) is 0.711. The highest BCUT2D eigenvalue weighted by Crippen LogP contribution is 2.17. The van der Waals surface area contributed by atoms with Gasteiger partial charge in [-0.2, -0.15) is 0 Å². The molecule has 0 atom stereocenters. The third-order valence-electron chi connectivity index (χ3n) is 2.44. The Kier molecular flexibility index (Phi) is 3.96. The molecule has 2 nitrogen and oxygen atoms in total. The fraction of sp³-hybridized carbons (Fsp3) is 0.364. The molecule has 0 saturated carbocycles. The lowest BCUT2D eigenvalue weighted by molar-refractivity contribution is -0.119. The fourth-order valence-electron chi connectivity index (χ4n) is 1.65. The number of piperidine rings is 1. The molecule has 1 saturated heterocycles. The van der Waals surface area contributed by atoms with Gasteiger partial charge in [0.2, 0.25) is 0 Å². The molecule has 0 spiro atoms. The number of ketones is 1. The van der Waals surface area contributed by atoms with Crippen molar-refractivity contribution >= 4 is 23.9 Å². The summed E-state index contributed by atoms with van der Waals surface area (Å²) in [6.45, 7) is 1.76. The van der Waals surface area contributed by atoms with E-state index in [0.717, 1.165) is 13.1 Å². The van der Waals surface area contributed by atoms with E-state index in [2.05, 4.69) is 17.0 Å². The summed E-state index contributed by atoms with van der Waals surface area (Å²) in [5.41, 5.74) is 1.23. The van der Waals surface area contributed by atoms with E-state index >= 15 is 0 Å². The summed E-state index contributed by atoms with van der Waals surface area (Å²) in [5, 5.41) is 0. The number of carbonyl (C=O) groups excluding carboxylic acids is 1. The highest BCUT2D eigenvalue weighted by molar-refractivity contribution is 5.85. The van der Waals surface area contributed by atoms with E-state index in [9.17, 15) is 4.79 Å². The lowest BCUT2D eigenvalue weighted by Crippen LogP contribution is -2.33. The van der Waals surface area contributed by atoms with E-state index in [4.69, 9.17) is 0 Å². The van der Waals surface area contributed by atoms with Crippen LogP contribution in [0, 0.1) is 0 Å². The molecule has 0 aromatic heterocycles. The Balaban J connectivity index is 0.000000980. The van der Waals surface area contributed by atoms with Crippen molar-refractivity contribution in [1.29, 1.82) is 0 Å². The van der Waals surface area contributed by atoms with Gasteiger partial charge < -0.3 is 4.90 Å². The number of para-hydroxylation sites is 1. The van der Waals surface area contributed by atoms with Gasteiger partial charge in [-0.05, 0) is 12.1 Å². The molecule has 0 amide bonds. The Hall–Kier alpha value is -1.02. The second-order valence-corrected chi connectivity index (χ2v) is 3.36. The number of hydrogen-bond acceptors (Lipinski definition) is 2. The van der Waals surface area contributed by atoms with Gasteiger partial charge in [-0.25, -0.2) is 0 Å². The summed E-state index contributed by atoms with van der Waals surface area (Å²) in [6, 6.07) is 10.3. The van der Waals surface area contributed by atoms with Crippen LogP contribution in [0.25, 0.3) is 0 Å². The van der Waals surface area contributed by atoms with Crippen LogP contribution in [0.2, 0.25) is 0 Å². The second-order valence-electron chi connectivity index (χ2n) is 3.36. The minimum atomic E-state index is 0. The lowest BCUT2D eigenvalue weighted by Gasteiger charge is -2.27. The molecule has 1 fully saturated rings. The maximum Gasteiger partial charge on any atom is 0.136 e. The van der Waals surface area contributed by atoms with Crippen molar-refractivity contribution in [2.75, 3.05) is 18.0 Å². The number of Topliss-reactive ketones (excluding diaryl/α,β-unsaturated/α-hetero) is 1. The topological polar surface area (TPSA) is 20.3 Å². The Bertz CT molecular complexity index is 289. The molecule has 0 bridgehead atoms. The first-order valence-electron chi connectivity index (χ1n) is 4.68. The monoisotopic (exact) mass is 211 g/mol. The van der Waals surface area contributed by atoms with Gasteiger partial charge in [-0.1, -0.05) is 18.2 Å². The minimum Gasteiger partial charge on any atom is -0.371 e. The van der Waals surface area contributed by atoms with Crippen molar-refractivity contribution in [1.82, 2.24) is 0 Å². The van der Waals surface area contributed by atoms with E-state index in [1.807, 2.05) is 18.2 Å². The molecule has 3 heteroatoms. The molecule has 1 aliphatic rings. The highest BCUT2D eigenvalue weighted by atomic mass is 35.5. The van der Waals surface area contributed by atoms with Crippen LogP contribution in [0.3, 0.4) is 0 Å². The largest absolute Gasteiger partial charge is 0.371 e. The van der Waals surface area contributed by atoms with Gasteiger partial charge in [-0.3, -0.25) is 4.79 Å². The molecule has 1 aromatic rings. The van der Waals surface area contributed by atoms with Crippen molar-refractivity contribution in [2.24, 2.45) is 0 Å². The van der Waals surface area contributed by atoms with Gasteiger partial charge in [0.15, 0.2) is 0 Å².